The van der Waals surface area contributed by atoms with Crippen molar-refractivity contribution in [2.45, 2.75) is 26.7 Å². The number of aryl methyl sites for hydroxylation is 1. The first-order valence-corrected chi connectivity index (χ1v) is 6.31. The van der Waals surface area contributed by atoms with Gasteiger partial charge in [0.1, 0.15) is 0 Å². The number of carboxylic acid groups (broad SMARTS) is 1. The van der Waals surface area contributed by atoms with Crippen LogP contribution in [0.5, 0.6) is 0 Å². The summed E-state index contributed by atoms with van der Waals surface area (Å²) >= 11 is 0. The summed E-state index contributed by atoms with van der Waals surface area (Å²) in [5.41, 5.74) is 3.69. The molecule has 0 saturated heterocycles. The number of carboxylic acids is 1. The minimum Gasteiger partial charge on any atom is -0.478 e. The van der Waals surface area contributed by atoms with E-state index in [1.165, 1.54) is 0 Å². The van der Waals surface area contributed by atoms with Crippen molar-refractivity contribution >= 4 is 5.97 Å². The molecule has 0 saturated carbocycles. The minimum absolute atomic E-state index is 0.0779. The Labute approximate surface area is 112 Å². The molecular weight excluding hydrogens is 238 g/mol. The summed E-state index contributed by atoms with van der Waals surface area (Å²) in [4.78, 5) is 15.9. The molecule has 0 aliphatic heterocycles. The Bertz CT molecular complexity index is 604. The SMILES string of the molecule is Cc1cc(C(=O)O)c(C(C)C)nc1-c1ccccc1. The van der Waals surface area contributed by atoms with Crippen LogP contribution >= 0.6 is 0 Å². The van der Waals surface area contributed by atoms with Crippen LogP contribution in [0.2, 0.25) is 0 Å². The van der Waals surface area contributed by atoms with E-state index in [1.54, 1.807) is 6.07 Å². The largest absolute Gasteiger partial charge is 0.478 e. The van der Waals surface area contributed by atoms with Crippen molar-refractivity contribution in [1.29, 1.82) is 0 Å². The minimum atomic E-state index is -0.918. The van der Waals surface area contributed by atoms with Gasteiger partial charge in [-0.3, -0.25) is 4.98 Å². The van der Waals surface area contributed by atoms with E-state index < -0.39 is 5.97 Å². The maximum Gasteiger partial charge on any atom is 0.337 e. The third kappa shape index (κ3) is 2.65. The fourth-order valence-corrected chi connectivity index (χ4v) is 2.13. The molecule has 3 nitrogen and oxygen atoms in total. The van der Waals surface area contributed by atoms with Crippen LogP contribution in [-0.4, -0.2) is 16.1 Å². The third-order valence-corrected chi connectivity index (χ3v) is 3.07. The molecule has 1 N–H and O–H groups in total. The molecule has 0 unspecified atom stereocenters. The zero-order valence-corrected chi connectivity index (χ0v) is 11.3. The number of nitrogens with zero attached hydrogens (tertiary/aromatic N) is 1. The van der Waals surface area contributed by atoms with Crippen molar-refractivity contribution in [2.75, 3.05) is 0 Å². The fraction of sp³-hybridized carbons (Fsp3) is 0.250. The summed E-state index contributed by atoms with van der Waals surface area (Å²) in [5, 5.41) is 9.26. The fourth-order valence-electron chi connectivity index (χ4n) is 2.13. The predicted molar refractivity (Wildman–Crippen MR) is 75.5 cm³/mol. The highest BCUT2D eigenvalue weighted by Crippen LogP contribution is 2.26. The van der Waals surface area contributed by atoms with Crippen LogP contribution in [0.1, 0.15) is 41.4 Å². The molecule has 1 aromatic carbocycles. The zero-order chi connectivity index (χ0) is 14.0. The van der Waals surface area contributed by atoms with Gasteiger partial charge in [0.25, 0.3) is 0 Å². The molecule has 2 rings (SSSR count). The molecule has 0 aliphatic rings. The van der Waals surface area contributed by atoms with E-state index in [-0.39, 0.29) is 5.92 Å². The Morgan fingerprint density at radius 3 is 2.37 bits per heavy atom. The number of carbonyl (C=O) groups is 1. The van der Waals surface area contributed by atoms with E-state index in [0.29, 0.717) is 11.3 Å². The molecular formula is C16H17NO2. The van der Waals surface area contributed by atoms with Gasteiger partial charge >= 0.3 is 5.97 Å². The lowest BCUT2D eigenvalue weighted by atomic mass is 9.98. The Kier molecular flexibility index (Phi) is 3.65. The van der Waals surface area contributed by atoms with Gasteiger partial charge < -0.3 is 5.11 Å². The van der Waals surface area contributed by atoms with Crippen molar-refractivity contribution in [3.8, 4) is 11.3 Å². The molecule has 3 heteroatoms. The lowest BCUT2D eigenvalue weighted by Gasteiger charge is -2.13. The summed E-state index contributed by atoms with van der Waals surface area (Å²) < 4.78 is 0. The lowest BCUT2D eigenvalue weighted by molar-refractivity contribution is 0.0694. The number of hydrogen-bond donors (Lipinski definition) is 1. The molecule has 0 aliphatic carbocycles. The van der Waals surface area contributed by atoms with E-state index in [1.807, 2.05) is 51.1 Å². The first-order chi connectivity index (χ1) is 9.00. The average molecular weight is 255 g/mol. The van der Waals surface area contributed by atoms with Crippen molar-refractivity contribution in [2.24, 2.45) is 0 Å². The maximum absolute atomic E-state index is 11.3. The normalized spacial score (nSPS) is 10.7. The van der Waals surface area contributed by atoms with E-state index in [0.717, 1.165) is 16.8 Å². The molecule has 0 amide bonds. The Morgan fingerprint density at radius 2 is 1.84 bits per heavy atom. The molecule has 0 atom stereocenters. The molecule has 19 heavy (non-hydrogen) atoms. The van der Waals surface area contributed by atoms with Crippen LogP contribution < -0.4 is 0 Å². The standard InChI is InChI=1S/C16H17NO2/c1-10(2)14-13(16(18)19)9-11(3)15(17-14)12-7-5-4-6-8-12/h4-10H,1-3H3,(H,18,19). The second-order valence-corrected chi connectivity index (χ2v) is 4.91. The Morgan fingerprint density at radius 1 is 1.21 bits per heavy atom. The van der Waals surface area contributed by atoms with Crippen LogP contribution in [0.15, 0.2) is 36.4 Å². The van der Waals surface area contributed by atoms with Gasteiger partial charge in [0, 0.05) is 5.56 Å². The highest BCUT2D eigenvalue weighted by molar-refractivity contribution is 5.90. The van der Waals surface area contributed by atoms with Gasteiger partial charge in [0.2, 0.25) is 0 Å². The lowest BCUT2D eigenvalue weighted by Crippen LogP contribution is -2.08. The number of rotatable bonds is 3. The Hall–Kier alpha value is -2.16. The van der Waals surface area contributed by atoms with Gasteiger partial charge in [-0.15, -0.1) is 0 Å². The molecule has 0 spiro atoms. The molecule has 2 aromatic rings. The molecule has 1 aromatic heterocycles. The van der Waals surface area contributed by atoms with Crippen LogP contribution in [0.4, 0.5) is 0 Å². The van der Waals surface area contributed by atoms with Crippen molar-refractivity contribution in [1.82, 2.24) is 4.98 Å². The summed E-state index contributed by atoms with van der Waals surface area (Å²) in [7, 11) is 0. The molecule has 0 bridgehead atoms. The number of aromatic carboxylic acids is 1. The van der Waals surface area contributed by atoms with Crippen LogP contribution in [0, 0.1) is 6.92 Å². The quantitative estimate of drug-likeness (QED) is 0.905. The second-order valence-electron chi connectivity index (χ2n) is 4.91. The molecule has 0 fully saturated rings. The summed E-state index contributed by atoms with van der Waals surface area (Å²) in [5.74, 6) is -0.840. The van der Waals surface area contributed by atoms with Crippen molar-refractivity contribution in [3.05, 3.63) is 53.2 Å². The van der Waals surface area contributed by atoms with Gasteiger partial charge in [-0.25, -0.2) is 4.79 Å². The first-order valence-electron chi connectivity index (χ1n) is 6.31. The van der Waals surface area contributed by atoms with E-state index in [9.17, 15) is 9.90 Å². The predicted octanol–water partition coefficient (Wildman–Crippen LogP) is 3.88. The van der Waals surface area contributed by atoms with Crippen LogP contribution in [0.3, 0.4) is 0 Å². The Balaban J connectivity index is 2.65. The molecule has 1 heterocycles. The van der Waals surface area contributed by atoms with Crippen LogP contribution in [0.25, 0.3) is 11.3 Å². The zero-order valence-electron chi connectivity index (χ0n) is 11.3. The smallest absolute Gasteiger partial charge is 0.337 e. The number of benzene rings is 1. The topological polar surface area (TPSA) is 50.2 Å². The highest BCUT2D eigenvalue weighted by atomic mass is 16.4. The summed E-state index contributed by atoms with van der Waals surface area (Å²) in [6.45, 7) is 5.81. The van der Waals surface area contributed by atoms with E-state index >= 15 is 0 Å². The molecule has 98 valence electrons. The number of pyridine rings is 1. The van der Waals surface area contributed by atoms with Gasteiger partial charge in [0.15, 0.2) is 0 Å². The molecule has 0 radical (unpaired) electrons. The first kappa shape index (κ1) is 13.3. The van der Waals surface area contributed by atoms with Gasteiger partial charge in [-0.1, -0.05) is 44.2 Å². The van der Waals surface area contributed by atoms with E-state index in [4.69, 9.17) is 0 Å². The number of hydrogen-bond acceptors (Lipinski definition) is 2. The van der Waals surface area contributed by atoms with Crippen molar-refractivity contribution in [3.63, 3.8) is 0 Å². The number of aromatic nitrogens is 1. The maximum atomic E-state index is 11.3. The van der Waals surface area contributed by atoms with E-state index in [2.05, 4.69) is 4.98 Å². The van der Waals surface area contributed by atoms with Gasteiger partial charge in [-0.05, 0) is 24.5 Å². The monoisotopic (exact) mass is 255 g/mol. The average Bonchev–Trinajstić information content (AvgIpc) is 2.39. The summed E-state index contributed by atoms with van der Waals surface area (Å²) in [6, 6.07) is 11.5. The van der Waals surface area contributed by atoms with Crippen molar-refractivity contribution < 1.29 is 9.90 Å². The van der Waals surface area contributed by atoms with Crippen LogP contribution in [-0.2, 0) is 0 Å². The second kappa shape index (κ2) is 5.22. The highest BCUT2D eigenvalue weighted by Gasteiger charge is 2.17. The third-order valence-electron chi connectivity index (χ3n) is 3.07. The van der Waals surface area contributed by atoms with Gasteiger partial charge in [0.05, 0.1) is 17.0 Å². The van der Waals surface area contributed by atoms with Gasteiger partial charge in [-0.2, -0.15) is 0 Å². The summed E-state index contributed by atoms with van der Waals surface area (Å²) in [6.07, 6.45) is 0.